The minimum Gasteiger partial charge on any atom is -0.0876 e. The molecule has 0 amide bonds. The van der Waals surface area contributed by atoms with Gasteiger partial charge in [-0.3, -0.25) is 0 Å². The Bertz CT molecular complexity index is 187. The predicted octanol–water partition coefficient (Wildman–Crippen LogP) is 1.71. The Morgan fingerprint density at radius 1 is 1.20 bits per heavy atom. The van der Waals surface area contributed by atoms with Crippen LogP contribution >= 0.6 is 15.9 Å². The van der Waals surface area contributed by atoms with Crippen LogP contribution < -0.4 is 0 Å². The Hall–Kier alpha value is -0.235. The molecule has 0 aliphatic rings. The Morgan fingerprint density at radius 2 is 1.80 bits per heavy atom. The van der Waals surface area contributed by atoms with Crippen molar-refractivity contribution in [3.05, 3.63) is 35.4 Å². The molecule has 52 valence electrons. The van der Waals surface area contributed by atoms with Crippen molar-refractivity contribution in [2.45, 2.75) is 11.7 Å². The average Bonchev–Trinajstić information content (AvgIpc) is 2.04. The maximum Gasteiger partial charge on any atom is 0.107 e. The Labute approximate surface area is 71.2 Å². The number of rotatable bonds is 2. The van der Waals surface area contributed by atoms with E-state index in [9.17, 15) is 0 Å². The smallest absolute Gasteiger partial charge is 0.0876 e. The van der Waals surface area contributed by atoms with Gasteiger partial charge in [-0.15, -0.1) is 0 Å². The summed E-state index contributed by atoms with van der Waals surface area (Å²) in [5.41, 5.74) is 2.85. The lowest BCUT2D eigenvalue weighted by atomic mass is 9.94. The molecule has 0 atom stereocenters. The largest absolute Gasteiger partial charge is 0.107 e. The molecule has 0 nitrogen and oxygen atoms in total. The van der Waals surface area contributed by atoms with Crippen LogP contribution in [0.1, 0.15) is 11.1 Å². The lowest BCUT2D eigenvalue weighted by molar-refractivity contribution is 1.28. The first kappa shape index (κ1) is 7.87. The summed E-state index contributed by atoms with van der Waals surface area (Å²) in [5, 5.41) is 0.969. The van der Waals surface area contributed by atoms with E-state index < -0.39 is 0 Å². The summed E-state index contributed by atoms with van der Waals surface area (Å²) in [5.74, 6) is 0. The van der Waals surface area contributed by atoms with Crippen LogP contribution in [-0.2, 0) is 11.7 Å². The molecule has 1 aromatic carbocycles. The molecule has 0 heterocycles. The number of hydrogen-bond acceptors (Lipinski definition) is 0. The van der Waals surface area contributed by atoms with Crippen LogP contribution in [0.5, 0.6) is 0 Å². The van der Waals surface area contributed by atoms with Gasteiger partial charge in [0.2, 0.25) is 0 Å². The minimum absolute atomic E-state index is 0.969. The van der Waals surface area contributed by atoms with Gasteiger partial charge in [-0.2, -0.15) is 0 Å². The molecular formula is C8H10BBr. The van der Waals surface area contributed by atoms with Gasteiger partial charge in [-0.05, 0) is 5.56 Å². The molecule has 1 aromatic rings. The van der Waals surface area contributed by atoms with Crippen molar-refractivity contribution < 1.29 is 0 Å². The maximum atomic E-state index is 3.45. The van der Waals surface area contributed by atoms with E-state index in [2.05, 4.69) is 48.0 Å². The van der Waals surface area contributed by atoms with Crippen molar-refractivity contribution >= 4 is 23.8 Å². The quantitative estimate of drug-likeness (QED) is 0.500. The van der Waals surface area contributed by atoms with Crippen LogP contribution in [0.25, 0.3) is 0 Å². The highest BCUT2D eigenvalue weighted by molar-refractivity contribution is 9.08. The van der Waals surface area contributed by atoms with Gasteiger partial charge >= 0.3 is 0 Å². The van der Waals surface area contributed by atoms with Gasteiger partial charge in [0.1, 0.15) is 7.85 Å². The predicted molar refractivity (Wildman–Crippen MR) is 51.3 cm³/mol. The second-order valence-corrected chi connectivity index (χ2v) is 2.82. The highest BCUT2D eigenvalue weighted by atomic mass is 79.9. The van der Waals surface area contributed by atoms with E-state index in [1.807, 2.05) is 0 Å². The summed E-state index contributed by atoms with van der Waals surface area (Å²) >= 11 is 3.45. The van der Waals surface area contributed by atoms with Crippen LogP contribution in [0.15, 0.2) is 24.3 Å². The molecule has 0 saturated heterocycles. The summed E-state index contributed by atoms with van der Waals surface area (Å²) in [7, 11) is 2.18. The van der Waals surface area contributed by atoms with Crippen molar-refractivity contribution in [1.29, 1.82) is 0 Å². The van der Waals surface area contributed by atoms with Crippen molar-refractivity contribution in [3.63, 3.8) is 0 Å². The van der Waals surface area contributed by atoms with Crippen LogP contribution in [0.4, 0.5) is 0 Å². The third-order valence-corrected chi connectivity index (χ3v) is 2.25. The molecule has 0 spiro atoms. The van der Waals surface area contributed by atoms with Crippen LogP contribution in [-0.4, -0.2) is 7.85 Å². The molecule has 0 saturated carbocycles. The fourth-order valence-electron chi connectivity index (χ4n) is 1.03. The van der Waals surface area contributed by atoms with Crippen molar-refractivity contribution in [3.8, 4) is 0 Å². The van der Waals surface area contributed by atoms with Crippen LogP contribution in [0, 0.1) is 0 Å². The third kappa shape index (κ3) is 1.63. The lowest BCUT2D eigenvalue weighted by Crippen LogP contribution is -1.89. The molecule has 0 unspecified atom stereocenters. The van der Waals surface area contributed by atoms with E-state index in [4.69, 9.17) is 0 Å². The van der Waals surface area contributed by atoms with Crippen molar-refractivity contribution in [2.75, 3.05) is 0 Å². The molecule has 0 radical (unpaired) electrons. The first-order chi connectivity index (χ1) is 4.88. The first-order valence-electron chi connectivity index (χ1n) is 3.51. The zero-order valence-electron chi connectivity index (χ0n) is 6.10. The monoisotopic (exact) mass is 196 g/mol. The Morgan fingerprint density at radius 3 is 2.20 bits per heavy atom. The second kappa shape index (κ2) is 3.82. The molecule has 0 N–H and O–H groups in total. The van der Waals surface area contributed by atoms with E-state index in [0.29, 0.717) is 0 Å². The van der Waals surface area contributed by atoms with Gasteiger partial charge in [-0.25, -0.2) is 0 Å². The highest BCUT2D eigenvalue weighted by Gasteiger charge is 1.94. The molecular weight excluding hydrogens is 187 g/mol. The molecule has 0 aliphatic carbocycles. The van der Waals surface area contributed by atoms with E-state index in [0.717, 1.165) is 11.7 Å². The third-order valence-electron chi connectivity index (χ3n) is 1.64. The number of benzene rings is 1. The van der Waals surface area contributed by atoms with Gasteiger partial charge in [-0.1, -0.05) is 52.1 Å². The lowest BCUT2D eigenvalue weighted by Gasteiger charge is -2.01. The molecule has 0 aliphatic heterocycles. The van der Waals surface area contributed by atoms with Gasteiger partial charge in [0.25, 0.3) is 0 Å². The highest BCUT2D eigenvalue weighted by Crippen LogP contribution is 2.11. The SMILES string of the molecule is BCc1ccccc1CBr. The second-order valence-electron chi connectivity index (χ2n) is 2.26. The summed E-state index contributed by atoms with van der Waals surface area (Å²) in [6.45, 7) is 0. The maximum absolute atomic E-state index is 3.45. The molecule has 0 bridgehead atoms. The van der Waals surface area contributed by atoms with Crippen molar-refractivity contribution in [1.82, 2.24) is 0 Å². The standard InChI is InChI=1S/C8H10BBr/c9-5-7-3-1-2-4-8(7)6-10/h1-4H,5-6,9H2. The average molecular weight is 197 g/mol. The summed E-state index contributed by atoms with van der Waals surface area (Å²) in [6, 6.07) is 8.50. The molecule has 0 aromatic heterocycles. The molecule has 10 heavy (non-hydrogen) atoms. The zero-order valence-corrected chi connectivity index (χ0v) is 7.69. The fourth-order valence-corrected chi connectivity index (χ4v) is 1.58. The molecule has 0 fully saturated rings. The topological polar surface area (TPSA) is 0 Å². The van der Waals surface area contributed by atoms with E-state index in [-0.39, 0.29) is 0 Å². The number of hydrogen-bond donors (Lipinski definition) is 0. The van der Waals surface area contributed by atoms with E-state index in [1.165, 1.54) is 11.1 Å². The van der Waals surface area contributed by atoms with E-state index >= 15 is 0 Å². The van der Waals surface area contributed by atoms with Gasteiger partial charge in [0.15, 0.2) is 0 Å². The van der Waals surface area contributed by atoms with E-state index in [1.54, 1.807) is 0 Å². The van der Waals surface area contributed by atoms with Gasteiger partial charge < -0.3 is 0 Å². The summed E-state index contributed by atoms with van der Waals surface area (Å²) in [6.07, 6.45) is 1.13. The van der Waals surface area contributed by atoms with Crippen molar-refractivity contribution in [2.24, 2.45) is 0 Å². The van der Waals surface area contributed by atoms with Crippen LogP contribution in [0.3, 0.4) is 0 Å². The number of alkyl halides is 1. The van der Waals surface area contributed by atoms with Crippen LogP contribution in [0.2, 0.25) is 0 Å². The number of halogens is 1. The normalized spacial score (nSPS) is 9.70. The summed E-state index contributed by atoms with van der Waals surface area (Å²) in [4.78, 5) is 0. The van der Waals surface area contributed by atoms with Gasteiger partial charge in [0.05, 0.1) is 0 Å². The first-order valence-corrected chi connectivity index (χ1v) is 4.63. The van der Waals surface area contributed by atoms with Gasteiger partial charge in [0, 0.05) is 5.33 Å². The zero-order chi connectivity index (χ0) is 7.40. The minimum atomic E-state index is 0.969. The Balaban J connectivity index is 2.96. The molecule has 1 rings (SSSR count). The fraction of sp³-hybridized carbons (Fsp3) is 0.250. The molecule has 2 heteroatoms. The summed E-state index contributed by atoms with van der Waals surface area (Å²) < 4.78 is 0. The Kier molecular flexibility index (Phi) is 3.00.